The van der Waals surface area contributed by atoms with E-state index in [1.54, 1.807) is 4.90 Å². The van der Waals surface area contributed by atoms with Crippen LogP contribution < -0.4 is 4.74 Å². The third-order valence-corrected chi connectivity index (χ3v) is 2.62. The highest BCUT2D eigenvalue weighted by atomic mass is 16.6. The molecule has 4 nitrogen and oxygen atoms in total. The average molecular weight is 265 g/mol. The normalized spacial score (nSPS) is 17.5. The van der Waals surface area contributed by atoms with Crippen LogP contribution in [-0.4, -0.2) is 36.8 Å². The van der Waals surface area contributed by atoms with Gasteiger partial charge in [0.15, 0.2) is 6.10 Å². The molecule has 0 N–H and O–H groups in total. The van der Waals surface area contributed by atoms with Crippen molar-refractivity contribution in [1.29, 1.82) is 0 Å². The van der Waals surface area contributed by atoms with Crippen LogP contribution in [0.1, 0.15) is 27.2 Å². The highest BCUT2D eigenvalue weighted by Crippen LogP contribution is 2.14. The second kappa shape index (κ2) is 8.40. The van der Waals surface area contributed by atoms with Gasteiger partial charge in [0.05, 0.1) is 6.54 Å². The minimum atomic E-state index is -0.228. The molecular weight excluding hydrogens is 242 g/mol. The summed E-state index contributed by atoms with van der Waals surface area (Å²) in [6.07, 6.45) is 0.559. The Morgan fingerprint density at radius 2 is 2.00 bits per heavy atom. The van der Waals surface area contributed by atoms with Crippen LogP contribution in [0.5, 0.6) is 5.75 Å². The maximum absolute atomic E-state index is 11.4. The van der Waals surface area contributed by atoms with Crippen molar-refractivity contribution in [3.05, 3.63) is 30.3 Å². The molecule has 0 spiro atoms. The first kappa shape index (κ1) is 15.3. The van der Waals surface area contributed by atoms with Gasteiger partial charge in [0.1, 0.15) is 12.4 Å². The van der Waals surface area contributed by atoms with Crippen molar-refractivity contribution in [3.8, 4) is 5.75 Å². The van der Waals surface area contributed by atoms with Crippen LogP contribution in [0.15, 0.2) is 30.3 Å². The van der Waals surface area contributed by atoms with Gasteiger partial charge in [-0.25, -0.2) is 4.79 Å². The SMILES string of the molecule is CC.CCCN1CC(COc2ccccc2)OC1=O. The number of para-hydroxylation sites is 1. The molecule has 2 rings (SSSR count). The summed E-state index contributed by atoms with van der Waals surface area (Å²) in [5, 5.41) is 0. The van der Waals surface area contributed by atoms with E-state index < -0.39 is 0 Å². The lowest BCUT2D eigenvalue weighted by molar-refractivity contribution is 0.103. The molecule has 106 valence electrons. The van der Waals surface area contributed by atoms with Crippen LogP contribution in [0.4, 0.5) is 4.79 Å². The van der Waals surface area contributed by atoms with E-state index in [1.807, 2.05) is 51.1 Å². The minimum absolute atomic E-state index is 0.158. The number of ether oxygens (including phenoxy) is 2. The first-order valence-electron chi connectivity index (χ1n) is 6.93. The van der Waals surface area contributed by atoms with E-state index in [0.717, 1.165) is 18.7 Å². The van der Waals surface area contributed by atoms with Gasteiger partial charge < -0.3 is 14.4 Å². The maximum atomic E-state index is 11.4. The summed E-state index contributed by atoms with van der Waals surface area (Å²) in [6, 6.07) is 9.55. The van der Waals surface area contributed by atoms with E-state index in [9.17, 15) is 4.79 Å². The minimum Gasteiger partial charge on any atom is -0.490 e. The van der Waals surface area contributed by atoms with E-state index in [-0.39, 0.29) is 12.2 Å². The van der Waals surface area contributed by atoms with Crippen LogP contribution in [0.3, 0.4) is 0 Å². The molecule has 0 bridgehead atoms. The molecule has 1 heterocycles. The third kappa shape index (κ3) is 4.81. The molecule has 1 unspecified atom stereocenters. The van der Waals surface area contributed by atoms with Crippen LogP contribution in [0.2, 0.25) is 0 Å². The van der Waals surface area contributed by atoms with Crippen LogP contribution in [-0.2, 0) is 4.74 Å². The van der Waals surface area contributed by atoms with Gasteiger partial charge in [0.25, 0.3) is 0 Å². The van der Waals surface area contributed by atoms with Crippen LogP contribution in [0.25, 0.3) is 0 Å². The van der Waals surface area contributed by atoms with Crippen LogP contribution in [0, 0.1) is 0 Å². The molecule has 1 aromatic carbocycles. The summed E-state index contributed by atoms with van der Waals surface area (Å²) in [4.78, 5) is 13.2. The predicted molar refractivity (Wildman–Crippen MR) is 75.4 cm³/mol. The van der Waals surface area contributed by atoms with Crippen LogP contribution >= 0.6 is 0 Å². The standard InChI is InChI=1S/C13H17NO3.C2H6/c1-2-8-14-9-12(17-13(14)15)10-16-11-6-4-3-5-7-11;1-2/h3-7,12H,2,8-10H2,1H3;1-2H3. The molecule has 1 amide bonds. The predicted octanol–water partition coefficient (Wildman–Crippen LogP) is 3.32. The average Bonchev–Trinajstić information content (AvgIpc) is 2.81. The van der Waals surface area contributed by atoms with Crippen molar-refractivity contribution in [2.75, 3.05) is 19.7 Å². The number of benzene rings is 1. The molecule has 1 saturated heterocycles. The molecule has 1 aliphatic rings. The van der Waals surface area contributed by atoms with Gasteiger partial charge in [-0.05, 0) is 18.6 Å². The van der Waals surface area contributed by atoms with Gasteiger partial charge >= 0.3 is 6.09 Å². The molecule has 4 heteroatoms. The van der Waals surface area contributed by atoms with E-state index in [0.29, 0.717) is 13.2 Å². The molecule has 1 aliphatic heterocycles. The maximum Gasteiger partial charge on any atom is 0.410 e. The molecule has 1 fully saturated rings. The van der Waals surface area contributed by atoms with Crippen molar-refractivity contribution in [2.24, 2.45) is 0 Å². The number of amides is 1. The van der Waals surface area contributed by atoms with Gasteiger partial charge in [0, 0.05) is 6.54 Å². The highest BCUT2D eigenvalue weighted by molar-refractivity contribution is 5.69. The summed E-state index contributed by atoms with van der Waals surface area (Å²) in [5.74, 6) is 0.803. The molecule has 0 radical (unpaired) electrons. The number of carbonyl (C=O) groups is 1. The molecule has 19 heavy (non-hydrogen) atoms. The molecular formula is C15H23NO3. The zero-order valence-corrected chi connectivity index (χ0v) is 12.0. The lowest BCUT2D eigenvalue weighted by Gasteiger charge is -2.11. The Hall–Kier alpha value is -1.71. The fraction of sp³-hybridized carbons (Fsp3) is 0.533. The van der Waals surface area contributed by atoms with Gasteiger partial charge in [-0.1, -0.05) is 39.0 Å². The van der Waals surface area contributed by atoms with E-state index >= 15 is 0 Å². The van der Waals surface area contributed by atoms with Gasteiger partial charge in [-0.3, -0.25) is 0 Å². The monoisotopic (exact) mass is 265 g/mol. The zero-order valence-electron chi connectivity index (χ0n) is 12.0. The second-order valence-corrected chi connectivity index (χ2v) is 4.08. The van der Waals surface area contributed by atoms with Crippen molar-refractivity contribution < 1.29 is 14.3 Å². The summed E-state index contributed by atoms with van der Waals surface area (Å²) < 4.78 is 10.8. The Morgan fingerprint density at radius 1 is 1.32 bits per heavy atom. The Kier molecular flexibility index (Phi) is 6.79. The number of rotatable bonds is 5. The number of cyclic esters (lactones) is 1. The lowest BCUT2D eigenvalue weighted by Crippen LogP contribution is -2.27. The topological polar surface area (TPSA) is 38.8 Å². The first-order valence-corrected chi connectivity index (χ1v) is 6.93. The smallest absolute Gasteiger partial charge is 0.410 e. The molecule has 1 atom stereocenters. The van der Waals surface area contributed by atoms with Gasteiger partial charge in [-0.2, -0.15) is 0 Å². The largest absolute Gasteiger partial charge is 0.490 e. The zero-order chi connectivity index (χ0) is 14.1. The number of hydrogen-bond donors (Lipinski definition) is 0. The van der Waals surface area contributed by atoms with Gasteiger partial charge in [0.2, 0.25) is 0 Å². The van der Waals surface area contributed by atoms with Crippen molar-refractivity contribution in [1.82, 2.24) is 4.90 Å². The Labute approximate surface area is 115 Å². The Morgan fingerprint density at radius 3 is 2.63 bits per heavy atom. The lowest BCUT2D eigenvalue weighted by atomic mass is 10.3. The van der Waals surface area contributed by atoms with E-state index in [2.05, 4.69) is 0 Å². The third-order valence-electron chi connectivity index (χ3n) is 2.62. The van der Waals surface area contributed by atoms with Gasteiger partial charge in [-0.15, -0.1) is 0 Å². The fourth-order valence-electron chi connectivity index (χ4n) is 1.82. The van der Waals surface area contributed by atoms with Crippen molar-refractivity contribution >= 4 is 6.09 Å². The molecule has 0 aromatic heterocycles. The molecule has 1 aromatic rings. The number of carbonyl (C=O) groups excluding carboxylic acids is 1. The number of nitrogens with zero attached hydrogens (tertiary/aromatic N) is 1. The van der Waals surface area contributed by atoms with E-state index in [1.165, 1.54) is 0 Å². The second-order valence-electron chi connectivity index (χ2n) is 4.08. The Balaban J connectivity index is 0.000000861. The molecule has 0 saturated carbocycles. The quantitative estimate of drug-likeness (QED) is 0.819. The number of hydrogen-bond acceptors (Lipinski definition) is 3. The summed E-state index contributed by atoms with van der Waals surface area (Å²) in [6.45, 7) is 7.83. The van der Waals surface area contributed by atoms with Crippen molar-refractivity contribution in [3.63, 3.8) is 0 Å². The first-order chi connectivity index (χ1) is 9.29. The van der Waals surface area contributed by atoms with E-state index in [4.69, 9.17) is 9.47 Å². The fourth-order valence-corrected chi connectivity index (χ4v) is 1.82. The Bertz CT molecular complexity index is 367. The summed E-state index contributed by atoms with van der Waals surface area (Å²) in [7, 11) is 0. The summed E-state index contributed by atoms with van der Waals surface area (Å²) >= 11 is 0. The van der Waals surface area contributed by atoms with Crippen molar-refractivity contribution in [2.45, 2.75) is 33.3 Å². The highest BCUT2D eigenvalue weighted by Gasteiger charge is 2.30. The summed E-state index contributed by atoms with van der Waals surface area (Å²) in [5.41, 5.74) is 0. The molecule has 0 aliphatic carbocycles.